The fraction of sp³-hybridized carbons (Fsp3) is 0.316. The van der Waals surface area contributed by atoms with Gasteiger partial charge < -0.3 is 4.74 Å². The molecule has 0 saturated heterocycles. The molecule has 0 bridgehead atoms. The third-order valence-electron chi connectivity index (χ3n) is 4.54. The van der Waals surface area contributed by atoms with E-state index in [1.54, 1.807) is 0 Å². The van der Waals surface area contributed by atoms with Crippen molar-refractivity contribution in [1.29, 1.82) is 0 Å². The highest BCUT2D eigenvalue weighted by Crippen LogP contribution is 2.40. The zero-order valence-electron chi connectivity index (χ0n) is 15.3. The van der Waals surface area contributed by atoms with E-state index in [1.165, 1.54) is 25.3 Å². The zero-order valence-corrected chi connectivity index (χ0v) is 16.0. The summed E-state index contributed by atoms with van der Waals surface area (Å²) in [6.45, 7) is 1.77. The number of alkyl halides is 3. The summed E-state index contributed by atoms with van der Waals surface area (Å²) in [6, 6.07) is 3.70. The van der Waals surface area contributed by atoms with E-state index in [-0.39, 0.29) is 22.0 Å². The Labute approximate surface area is 168 Å². The molecule has 0 N–H and O–H groups in total. The second-order valence-corrected chi connectivity index (χ2v) is 7.27. The van der Waals surface area contributed by atoms with Crippen LogP contribution < -0.4 is 0 Å². The molecule has 0 spiro atoms. The van der Waals surface area contributed by atoms with Gasteiger partial charge in [0.2, 0.25) is 0 Å². The van der Waals surface area contributed by atoms with E-state index in [4.69, 9.17) is 16.3 Å². The van der Waals surface area contributed by atoms with Crippen LogP contribution in [0.5, 0.6) is 0 Å². The molecular weight excluding hydrogens is 417 g/mol. The van der Waals surface area contributed by atoms with Crippen molar-refractivity contribution < 1.29 is 26.7 Å². The van der Waals surface area contributed by atoms with Crippen molar-refractivity contribution in [3.8, 4) is 0 Å². The zero-order chi connectivity index (χ0) is 21.4. The van der Waals surface area contributed by atoms with Crippen molar-refractivity contribution in [1.82, 2.24) is 9.97 Å². The Morgan fingerprint density at radius 3 is 2.48 bits per heavy atom. The molecule has 10 heteroatoms. The molecule has 29 heavy (non-hydrogen) atoms. The van der Waals surface area contributed by atoms with Gasteiger partial charge in [0, 0.05) is 11.8 Å². The second kappa shape index (κ2) is 7.46. The van der Waals surface area contributed by atoms with Crippen LogP contribution >= 0.6 is 11.6 Å². The smallest absolute Gasteiger partial charge is 0.357 e. The lowest BCUT2D eigenvalue weighted by molar-refractivity contribution is -0.246. The van der Waals surface area contributed by atoms with Crippen LogP contribution in [-0.2, 0) is 10.3 Å². The average molecular weight is 432 g/mol. The Morgan fingerprint density at radius 1 is 1.21 bits per heavy atom. The number of hydrogen-bond acceptors (Lipinski definition) is 4. The molecule has 1 aliphatic heterocycles. The number of benzene rings is 1. The van der Waals surface area contributed by atoms with Gasteiger partial charge in [0.15, 0.2) is 11.4 Å². The van der Waals surface area contributed by atoms with E-state index in [0.29, 0.717) is 6.21 Å². The van der Waals surface area contributed by atoms with Crippen LogP contribution in [0.3, 0.4) is 0 Å². The van der Waals surface area contributed by atoms with Gasteiger partial charge in [-0.15, -0.1) is 0 Å². The third kappa shape index (κ3) is 4.30. The first-order chi connectivity index (χ1) is 13.4. The van der Waals surface area contributed by atoms with Gasteiger partial charge in [0.1, 0.15) is 22.2 Å². The minimum absolute atomic E-state index is 0.0262. The van der Waals surface area contributed by atoms with Gasteiger partial charge in [0.25, 0.3) is 0 Å². The topological polar surface area (TPSA) is 47.4 Å². The summed E-state index contributed by atoms with van der Waals surface area (Å²) in [6.07, 6.45) is -0.631. The molecule has 1 aromatic heterocycles. The Morgan fingerprint density at radius 2 is 1.93 bits per heavy atom. The second-order valence-electron chi connectivity index (χ2n) is 6.88. The number of halogens is 6. The minimum atomic E-state index is -4.66. The Kier molecular flexibility index (Phi) is 5.48. The molecule has 2 aromatic rings. The number of nitrogens with zero attached hydrogens (tertiary/aromatic N) is 3. The molecule has 0 saturated carbocycles. The highest BCUT2D eigenvalue weighted by Gasteiger charge is 2.54. The molecule has 0 radical (unpaired) electrons. The third-order valence-corrected chi connectivity index (χ3v) is 4.74. The molecule has 2 atom stereocenters. The van der Waals surface area contributed by atoms with Gasteiger partial charge in [0.05, 0.1) is 19.0 Å². The first-order valence-electron chi connectivity index (χ1n) is 8.36. The van der Waals surface area contributed by atoms with Crippen molar-refractivity contribution >= 4 is 29.7 Å². The fourth-order valence-electron chi connectivity index (χ4n) is 2.63. The van der Waals surface area contributed by atoms with Gasteiger partial charge in [-0.1, -0.05) is 17.7 Å². The molecule has 0 fully saturated rings. The first kappa shape index (κ1) is 21.3. The molecule has 2 heterocycles. The largest absolute Gasteiger partial charge is 0.422 e. The van der Waals surface area contributed by atoms with Crippen molar-refractivity contribution in [2.24, 2.45) is 4.99 Å². The maximum atomic E-state index is 14.4. The quantitative estimate of drug-likeness (QED) is 0.613. The predicted molar refractivity (Wildman–Crippen MR) is 98.7 cm³/mol. The SMILES string of the molecule is C[C@]1(C(F)(F)F)C=N[C@](C)(c2cc(/C=C(\F)c3cnc(Cl)cn3)ccc2F)CO1. The normalized spacial score (nSPS) is 25.3. The number of hydrogen-bond donors (Lipinski definition) is 0. The summed E-state index contributed by atoms with van der Waals surface area (Å²) >= 11 is 5.61. The predicted octanol–water partition coefficient (Wildman–Crippen LogP) is 5.37. The summed E-state index contributed by atoms with van der Waals surface area (Å²) in [5, 5.41) is 0.0968. The van der Waals surface area contributed by atoms with Crippen LogP contribution in [0.4, 0.5) is 22.0 Å². The Bertz CT molecular complexity index is 977. The van der Waals surface area contributed by atoms with Crippen molar-refractivity contribution in [2.45, 2.75) is 31.2 Å². The highest BCUT2D eigenvalue weighted by molar-refractivity contribution is 6.29. The maximum Gasteiger partial charge on any atom is 0.422 e. The van der Waals surface area contributed by atoms with E-state index >= 15 is 0 Å². The lowest BCUT2D eigenvalue weighted by Gasteiger charge is -2.38. The van der Waals surface area contributed by atoms with Gasteiger partial charge in [-0.2, -0.15) is 13.2 Å². The van der Waals surface area contributed by atoms with Crippen LogP contribution in [0, 0.1) is 5.82 Å². The molecule has 3 rings (SSSR count). The van der Waals surface area contributed by atoms with Gasteiger partial charge in [-0.3, -0.25) is 4.99 Å². The Balaban J connectivity index is 1.95. The number of ether oxygens (including phenoxy) is 1. The molecule has 1 aliphatic rings. The average Bonchev–Trinajstić information content (AvgIpc) is 2.65. The monoisotopic (exact) mass is 431 g/mol. The van der Waals surface area contributed by atoms with Crippen LogP contribution in [0.25, 0.3) is 11.9 Å². The number of aliphatic imine (C=N–C) groups is 1. The van der Waals surface area contributed by atoms with Crippen LogP contribution in [0.2, 0.25) is 5.15 Å². The Hall–Kier alpha value is -2.39. The molecule has 0 aliphatic carbocycles. The first-order valence-corrected chi connectivity index (χ1v) is 8.74. The summed E-state index contributed by atoms with van der Waals surface area (Å²) in [4.78, 5) is 11.5. The fourth-order valence-corrected chi connectivity index (χ4v) is 2.73. The maximum absolute atomic E-state index is 14.4. The lowest BCUT2D eigenvalue weighted by Crippen LogP contribution is -2.52. The van der Waals surface area contributed by atoms with Gasteiger partial charge in [-0.05, 0) is 37.6 Å². The highest BCUT2D eigenvalue weighted by atomic mass is 35.5. The number of aromatic nitrogens is 2. The molecular formula is C19H15ClF5N3O. The van der Waals surface area contributed by atoms with Crippen molar-refractivity contribution in [2.75, 3.05) is 6.61 Å². The van der Waals surface area contributed by atoms with E-state index in [2.05, 4.69) is 15.0 Å². The van der Waals surface area contributed by atoms with Gasteiger partial charge in [-0.25, -0.2) is 18.7 Å². The molecule has 4 nitrogen and oxygen atoms in total. The van der Waals surface area contributed by atoms with Crippen LogP contribution in [0.15, 0.2) is 35.6 Å². The molecule has 154 valence electrons. The number of rotatable bonds is 3. The summed E-state index contributed by atoms with van der Waals surface area (Å²) < 4.78 is 73.1. The molecule has 1 aromatic carbocycles. The summed E-state index contributed by atoms with van der Waals surface area (Å²) in [5.41, 5.74) is -3.81. The van der Waals surface area contributed by atoms with Crippen LogP contribution in [-0.4, -0.2) is 34.6 Å². The van der Waals surface area contributed by atoms with Crippen molar-refractivity contribution in [3.63, 3.8) is 0 Å². The molecule has 0 amide bonds. The van der Waals surface area contributed by atoms with Crippen LogP contribution in [0.1, 0.15) is 30.7 Å². The summed E-state index contributed by atoms with van der Waals surface area (Å²) in [7, 11) is 0. The van der Waals surface area contributed by atoms with E-state index in [9.17, 15) is 22.0 Å². The molecule has 0 unspecified atom stereocenters. The van der Waals surface area contributed by atoms with E-state index in [1.807, 2.05) is 0 Å². The van der Waals surface area contributed by atoms with E-state index in [0.717, 1.165) is 25.3 Å². The van der Waals surface area contributed by atoms with Crippen molar-refractivity contribution in [3.05, 3.63) is 58.4 Å². The van der Waals surface area contributed by atoms with Gasteiger partial charge >= 0.3 is 6.18 Å². The summed E-state index contributed by atoms with van der Waals surface area (Å²) in [5.74, 6) is -1.45. The minimum Gasteiger partial charge on any atom is -0.357 e. The van der Waals surface area contributed by atoms with E-state index < -0.39 is 35.6 Å². The lowest BCUT2D eigenvalue weighted by atomic mass is 9.89. The standard InChI is InChI=1S/C19H15ClF5N3O/c1-17(10-29-18(2,9-28-17)19(23,24)25)12-5-11(3-4-13(12)21)6-14(22)15-7-27-16(20)8-26-15/h3-9H,10H2,1-2H3/b14-6-/t17-,18+/m0/s1.